The van der Waals surface area contributed by atoms with E-state index in [2.05, 4.69) is 4.74 Å². The van der Waals surface area contributed by atoms with Crippen molar-refractivity contribution in [2.24, 2.45) is 0 Å². The van der Waals surface area contributed by atoms with E-state index in [0.717, 1.165) is 5.56 Å². The lowest BCUT2D eigenvalue weighted by Gasteiger charge is -2.41. The molecule has 3 saturated heterocycles. The van der Waals surface area contributed by atoms with Crippen molar-refractivity contribution >= 4 is 5.97 Å². The van der Waals surface area contributed by atoms with Crippen molar-refractivity contribution < 1.29 is 43.1 Å². The molecule has 1 aromatic carbocycles. The Kier molecular flexibility index (Phi) is 7.97. The lowest BCUT2D eigenvalue weighted by atomic mass is 9.90. The summed E-state index contributed by atoms with van der Waals surface area (Å²) in [4.78, 5) is 11.5. The Morgan fingerprint density at radius 1 is 1.06 bits per heavy atom. The van der Waals surface area contributed by atoms with E-state index in [-0.39, 0.29) is 6.10 Å². The van der Waals surface area contributed by atoms with Crippen LogP contribution < -0.4 is 0 Å². The number of ether oxygens (including phenoxy) is 7. The number of aliphatic hydroxyl groups excluding tert-OH is 1. The molecule has 0 amide bonds. The Morgan fingerprint density at radius 3 is 2.46 bits per heavy atom. The summed E-state index contributed by atoms with van der Waals surface area (Å²) in [5.74, 6) is -2.22. The number of benzene rings is 1. The lowest BCUT2D eigenvalue weighted by molar-refractivity contribution is -0.213. The Balaban J connectivity index is 1.50. The molecular weight excluding hydrogens is 456 g/mol. The van der Waals surface area contributed by atoms with Crippen molar-refractivity contribution in [3.8, 4) is 0 Å². The number of aliphatic hydroxyl groups is 1. The Bertz CT molecular complexity index is 884. The monoisotopic (exact) mass is 492 g/mol. The average Bonchev–Trinajstić information content (AvgIpc) is 3.30. The van der Waals surface area contributed by atoms with Crippen LogP contribution in [0.5, 0.6) is 0 Å². The van der Waals surface area contributed by atoms with Crippen LogP contribution in [-0.4, -0.2) is 79.1 Å². The number of esters is 1. The normalized spacial score (nSPS) is 34.6. The molecule has 0 radical (unpaired) electrons. The molecule has 0 aliphatic carbocycles. The van der Waals surface area contributed by atoms with E-state index in [4.69, 9.17) is 28.4 Å². The van der Waals surface area contributed by atoms with Gasteiger partial charge >= 0.3 is 5.97 Å². The van der Waals surface area contributed by atoms with Crippen molar-refractivity contribution in [2.75, 3.05) is 13.7 Å². The Labute approximate surface area is 206 Å². The molecule has 0 spiro atoms. The molecule has 9 heteroatoms. The summed E-state index contributed by atoms with van der Waals surface area (Å²) in [6.07, 6.45) is -1.03. The van der Waals surface area contributed by atoms with Gasteiger partial charge in [0, 0.05) is 12.5 Å². The minimum Gasteiger partial charge on any atom is -0.466 e. The van der Waals surface area contributed by atoms with Gasteiger partial charge in [-0.2, -0.15) is 0 Å². The zero-order chi connectivity index (χ0) is 25.2. The zero-order valence-electron chi connectivity index (χ0n) is 20.9. The molecule has 3 fully saturated rings. The van der Waals surface area contributed by atoms with Crippen molar-refractivity contribution in [2.45, 2.75) is 95.0 Å². The maximum atomic E-state index is 11.5. The number of hydrogen-bond donors (Lipinski definition) is 1. The first-order valence-corrected chi connectivity index (χ1v) is 12.0. The van der Waals surface area contributed by atoms with E-state index in [1.807, 2.05) is 58.0 Å². The highest BCUT2D eigenvalue weighted by Crippen LogP contribution is 2.43. The van der Waals surface area contributed by atoms with Gasteiger partial charge in [0.1, 0.15) is 24.4 Å². The summed E-state index contributed by atoms with van der Waals surface area (Å²) in [6, 6.07) is 9.90. The molecule has 1 aromatic rings. The molecule has 9 nitrogen and oxygen atoms in total. The number of rotatable bonds is 8. The number of fused-ring (bicyclic) bond motifs is 1. The highest BCUT2D eigenvalue weighted by Gasteiger charge is 2.57. The fourth-order valence-corrected chi connectivity index (χ4v) is 4.88. The van der Waals surface area contributed by atoms with Crippen LogP contribution in [0.2, 0.25) is 0 Å². The summed E-state index contributed by atoms with van der Waals surface area (Å²) in [6.45, 7) is 8.12. The molecule has 0 bridgehead atoms. The first-order chi connectivity index (χ1) is 16.6. The lowest BCUT2D eigenvalue weighted by Crippen LogP contribution is -2.57. The van der Waals surface area contributed by atoms with E-state index >= 15 is 0 Å². The van der Waals surface area contributed by atoms with Gasteiger partial charge in [-0.3, -0.25) is 0 Å². The summed E-state index contributed by atoms with van der Waals surface area (Å²) >= 11 is 0. The van der Waals surface area contributed by atoms with Gasteiger partial charge in [-0.1, -0.05) is 30.3 Å². The van der Waals surface area contributed by atoms with Gasteiger partial charge in [-0.15, -0.1) is 0 Å². The summed E-state index contributed by atoms with van der Waals surface area (Å²) in [5.41, 5.74) is 1.06. The number of carbonyl (C=O) groups is 1. The molecule has 35 heavy (non-hydrogen) atoms. The molecule has 0 saturated carbocycles. The molecule has 0 aromatic heterocycles. The van der Waals surface area contributed by atoms with Crippen LogP contribution in [0.1, 0.15) is 39.7 Å². The van der Waals surface area contributed by atoms with Gasteiger partial charge in [0.25, 0.3) is 0 Å². The largest absolute Gasteiger partial charge is 0.466 e. The van der Waals surface area contributed by atoms with E-state index in [1.54, 1.807) is 0 Å². The zero-order valence-corrected chi connectivity index (χ0v) is 20.9. The molecule has 194 valence electrons. The maximum absolute atomic E-state index is 11.5. The van der Waals surface area contributed by atoms with E-state index in [1.165, 1.54) is 19.3 Å². The predicted molar refractivity (Wildman–Crippen MR) is 124 cm³/mol. The van der Waals surface area contributed by atoms with Crippen molar-refractivity contribution in [1.29, 1.82) is 0 Å². The van der Waals surface area contributed by atoms with Crippen molar-refractivity contribution in [3.05, 3.63) is 48.0 Å². The molecular formula is C26H36O9. The van der Waals surface area contributed by atoms with Crippen molar-refractivity contribution in [3.63, 3.8) is 0 Å². The number of methoxy groups -OCH3 is 1. The average molecular weight is 493 g/mol. The summed E-state index contributed by atoms with van der Waals surface area (Å²) in [5, 5.41) is 10.8. The third-order valence-corrected chi connectivity index (χ3v) is 6.29. The summed E-state index contributed by atoms with van der Waals surface area (Å²) < 4.78 is 41.8. The molecule has 4 rings (SSSR count). The standard InChI is InChI=1S/C26H36O9/c1-25(2)32-19-13-18(17(27)11-12-21(28)29-5)31-24(22(19)34-25)23-20(33-26(3,4)35-23)15-30-14-16-9-7-6-8-10-16/h6-12,17-20,22-24,27H,13-15H2,1-5H3/b12-11+/t17-,18-,19-,20-,22-,23-,24-/m1/s1. The smallest absolute Gasteiger partial charge is 0.330 e. The quantitative estimate of drug-likeness (QED) is 0.433. The topological polar surface area (TPSA) is 102 Å². The fraction of sp³-hybridized carbons (Fsp3) is 0.654. The van der Waals surface area contributed by atoms with Crippen LogP contribution in [0, 0.1) is 0 Å². The molecule has 1 N–H and O–H groups in total. The van der Waals surface area contributed by atoms with E-state index in [0.29, 0.717) is 19.6 Å². The van der Waals surface area contributed by atoms with Crippen LogP contribution in [0.25, 0.3) is 0 Å². The van der Waals surface area contributed by atoms with Gasteiger partial charge in [-0.05, 0) is 39.3 Å². The Hall–Kier alpha value is -1.85. The highest BCUT2D eigenvalue weighted by molar-refractivity contribution is 5.81. The Morgan fingerprint density at radius 2 is 1.74 bits per heavy atom. The van der Waals surface area contributed by atoms with E-state index < -0.39 is 54.2 Å². The minimum absolute atomic E-state index is 0.292. The second-order valence-corrected chi connectivity index (χ2v) is 10.0. The SMILES string of the molecule is COC(=O)/C=C/[C@@H](O)[C@H]1C[C@H]2OC(C)(C)O[C@H]2[C@H]([C@@H]2OC(C)(C)O[C@@H]2COCc2ccccc2)O1. The highest BCUT2D eigenvalue weighted by atomic mass is 16.8. The van der Waals surface area contributed by atoms with Crippen LogP contribution >= 0.6 is 0 Å². The van der Waals surface area contributed by atoms with Crippen LogP contribution in [0.3, 0.4) is 0 Å². The van der Waals surface area contributed by atoms with Gasteiger partial charge in [-0.25, -0.2) is 4.79 Å². The summed E-state index contributed by atoms with van der Waals surface area (Å²) in [7, 11) is 1.28. The predicted octanol–water partition coefficient (Wildman–Crippen LogP) is 2.49. The minimum atomic E-state index is -1.05. The molecule has 3 heterocycles. The van der Waals surface area contributed by atoms with Gasteiger partial charge in [0.2, 0.25) is 0 Å². The van der Waals surface area contributed by atoms with Gasteiger partial charge in [0.05, 0.1) is 38.6 Å². The molecule has 7 atom stereocenters. The second kappa shape index (κ2) is 10.6. The first kappa shape index (κ1) is 26.2. The van der Waals surface area contributed by atoms with Crippen LogP contribution in [0.15, 0.2) is 42.5 Å². The maximum Gasteiger partial charge on any atom is 0.330 e. The van der Waals surface area contributed by atoms with Crippen molar-refractivity contribution in [1.82, 2.24) is 0 Å². The number of hydrogen-bond acceptors (Lipinski definition) is 9. The van der Waals surface area contributed by atoms with Crippen LogP contribution in [0.4, 0.5) is 0 Å². The molecule has 3 aliphatic rings. The number of carbonyl (C=O) groups excluding carboxylic acids is 1. The first-order valence-electron chi connectivity index (χ1n) is 12.0. The van der Waals surface area contributed by atoms with Gasteiger partial charge < -0.3 is 38.3 Å². The second-order valence-electron chi connectivity index (χ2n) is 10.0. The third kappa shape index (κ3) is 6.48. The van der Waals surface area contributed by atoms with Gasteiger partial charge in [0.15, 0.2) is 11.6 Å². The molecule has 0 unspecified atom stereocenters. The van der Waals surface area contributed by atoms with Crippen LogP contribution in [-0.2, 0) is 44.6 Å². The fourth-order valence-electron chi connectivity index (χ4n) is 4.88. The molecule has 3 aliphatic heterocycles. The third-order valence-electron chi connectivity index (χ3n) is 6.29. The van der Waals surface area contributed by atoms with E-state index in [9.17, 15) is 9.90 Å².